The van der Waals surface area contributed by atoms with E-state index < -0.39 is 32.9 Å². The van der Waals surface area contributed by atoms with Gasteiger partial charge in [-0.2, -0.15) is 21.6 Å². The van der Waals surface area contributed by atoms with Crippen molar-refractivity contribution in [1.82, 2.24) is 4.57 Å². The van der Waals surface area contributed by atoms with Gasteiger partial charge in [0, 0.05) is 28.7 Å². The summed E-state index contributed by atoms with van der Waals surface area (Å²) in [5, 5.41) is -0.209. The van der Waals surface area contributed by atoms with E-state index in [2.05, 4.69) is 4.18 Å². The highest BCUT2D eigenvalue weighted by Gasteiger charge is 2.48. The van der Waals surface area contributed by atoms with E-state index in [1.54, 1.807) is 19.1 Å². The first-order valence-electron chi connectivity index (χ1n) is 11.7. The molecule has 42 heavy (non-hydrogen) atoms. The van der Waals surface area contributed by atoms with Crippen LogP contribution in [0.5, 0.6) is 11.5 Å². The van der Waals surface area contributed by atoms with Gasteiger partial charge in [-0.1, -0.05) is 70.2 Å². The molecule has 0 amide bonds. The van der Waals surface area contributed by atoms with Crippen molar-refractivity contribution in [3.63, 3.8) is 0 Å². The van der Waals surface area contributed by atoms with Crippen LogP contribution in [-0.4, -0.2) is 37.2 Å². The van der Waals surface area contributed by atoms with Crippen LogP contribution in [0.2, 0.25) is 10.2 Å². The molecule has 1 aliphatic rings. The van der Waals surface area contributed by atoms with E-state index in [-0.39, 0.29) is 54.9 Å². The monoisotopic (exact) mass is 681 g/mol. The average Bonchev–Trinajstić information content (AvgIpc) is 3.36. The number of ketones is 2. The van der Waals surface area contributed by atoms with Crippen molar-refractivity contribution >= 4 is 73.8 Å². The van der Waals surface area contributed by atoms with Crippen molar-refractivity contribution in [2.24, 2.45) is 0 Å². The number of rotatable bonds is 8. The lowest BCUT2D eigenvalue weighted by molar-refractivity contribution is -0.0500. The van der Waals surface area contributed by atoms with E-state index in [9.17, 15) is 31.2 Å². The molecule has 0 saturated heterocycles. The van der Waals surface area contributed by atoms with Gasteiger partial charge in [-0.25, -0.2) is 0 Å². The van der Waals surface area contributed by atoms with E-state index in [1.807, 2.05) is 13.0 Å². The third kappa shape index (κ3) is 5.80. The number of hydrogen-bond acceptors (Lipinski definition) is 6. The van der Waals surface area contributed by atoms with Crippen LogP contribution in [0.25, 0.3) is 5.70 Å². The van der Waals surface area contributed by atoms with Crippen LogP contribution in [0, 0.1) is 13.8 Å². The van der Waals surface area contributed by atoms with Crippen LogP contribution < -0.4 is 8.92 Å². The highest BCUT2D eigenvalue weighted by molar-refractivity contribution is 7.88. The van der Waals surface area contributed by atoms with E-state index in [1.165, 1.54) is 6.07 Å². The van der Waals surface area contributed by atoms with Gasteiger partial charge >= 0.3 is 15.6 Å². The summed E-state index contributed by atoms with van der Waals surface area (Å²) in [4.78, 5) is 27.5. The van der Waals surface area contributed by atoms with Crippen LogP contribution in [0.4, 0.5) is 13.2 Å². The number of Topliss-reactive ketones (excluding diaryl/α,β-unsaturated/α-hetero) is 1. The average molecular weight is 683 g/mol. The number of methoxy groups -OCH3 is 1. The predicted molar refractivity (Wildman–Crippen MR) is 153 cm³/mol. The Balaban J connectivity index is 1.86. The number of ether oxygens (including phenoxy) is 1. The molecule has 0 radical (unpaired) electrons. The molecule has 7 nitrogen and oxygen atoms in total. The molecule has 0 fully saturated rings. The molecule has 4 rings (SSSR count). The summed E-state index contributed by atoms with van der Waals surface area (Å²) in [6.45, 7) is 3.64. The number of benzene rings is 2. The van der Waals surface area contributed by atoms with Gasteiger partial charge in [-0.05, 0) is 37.6 Å². The van der Waals surface area contributed by atoms with E-state index >= 15 is 0 Å². The zero-order valence-electron chi connectivity index (χ0n) is 21.7. The van der Waals surface area contributed by atoms with E-state index in [0.717, 1.165) is 35.4 Å². The molecule has 15 heteroatoms. The molecule has 2 aromatic carbocycles. The van der Waals surface area contributed by atoms with Crippen LogP contribution in [0.1, 0.15) is 44.0 Å². The van der Waals surface area contributed by atoms with Gasteiger partial charge in [0.25, 0.3) is 0 Å². The topological polar surface area (TPSA) is 91.7 Å². The van der Waals surface area contributed by atoms with Gasteiger partial charge in [0.15, 0.2) is 5.78 Å². The second kappa shape index (κ2) is 11.6. The standard InChI is InChI=1S/C27H18Cl4F3NO6S/c1-12-4-6-15(13(2)8-12)24(36)17-10-18(28)22(30)23(17)35-20(11-19(29)26(35)31)25(37)16-7-5-14(9-21(16)40-3)41-42(38,39)27(32,33)34/h4-9,11H,10H2,1-3H3. The maximum absolute atomic E-state index is 13.8. The Morgan fingerprint density at radius 1 is 0.929 bits per heavy atom. The smallest absolute Gasteiger partial charge is 0.496 e. The molecule has 1 heterocycles. The fourth-order valence-corrected chi connectivity index (χ4v) is 5.65. The number of halogens is 7. The number of carbonyl (C=O) groups excluding carboxylic acids is 2. The molecule has 0 aliphatic heterocycles. The Hall–Kier alpha value is -2.96. The van der Waals surface area contributed by atoms with Crippen LogP contribution in [-0.2, 0) is 10.1 Å². The second-order valence-electron chi connectivity index (χ2n) is 9.05. The third-order valence-corrected chi connectivity index (χ3v) is 8.79. The molecule has 1 aliphatic carbocycles. The van der Waals surface area contributed by atoms with E-state index in [4.69, 9.17) is 51.1 Å². The van der Waals surface area contributed by atoms with E-state index in [0.29, 0.717) is 11.1 Å². The maximum Gasteiger partial charge on any atom is 0.534 e. The normalized spacial score (nSPS) is 14.0. The van der Waals surface area contributed by atoms with Gasteiger partial charge in [0.2, 0.25) is 5.78 Å². The lowest BCUT2D eigenvalue weighted by Crippen LogP contribution is -2.28. The van der Waals surface area contributed by atoms with Crippen molar-refractivity contribution in [2.75, 3.05) is 7.11 Å². The Kier molecular flexibility index (Phi) is 8.84. The predicted octanol–water partition coefficient (Wildman–Crippen LogP) is 8.07. The number of nitrogens with zero attached hydrogens (tertiary/aromatic N) is 1. The first-order valence-corrected chi connectivity index (χ1v) is 14.6. The number of carbonyl (C=O) groups is 2. The molecular weight excluding hydrogens is 665 g/mol. The first kappa shape index (κ1) is 32.0. The molecule has 1 aromatic heterocycles. The number of aromatic nitrogens is 1. The molecule has 0 unspecified atom stereocenters. The first-order chi connectivity index (χ1) is 19.5. The lowest BCUT2D eigenvalue weighted by atomic mass is 9.96. The number of aryl methyl sites for hydroxylation is 2. The van der Waals surface area contributed by atoms with Crippen LogP contribution in [0.15, 0.2) is 58.1 Å². The highest BCUT2D eigenvalue weighted by atomic mass is 35.5. The second-order valence-corrected chi connectivity index (χ2v) is 12.2. The van der Waals surface area contributed by atoms with Crippen molar-refractivity contribution in [1.29, 1.82) is 0 Å². The number of alkyl halides is 3. The van der Waals surface area contributed by atoms with Crippen molar-refractivity contribution in [3.8, 4) is 11.5 Å². The van der Waals surface area contributed by atoms with Crippen molar-refractivity contribution in [3.05, 3.63) is 96.2 Å². The van der Waals surface area contributed by atoms with Gasteiger partial charge < -0.3 is 8.92 Å². The minimum Gasteiger partial charge on any atom is -0.496 e. The summed E-state index contributed by atoms with van der Waals surface area (Å²) in [5.41, 5.74) is -3.96. The molecule has 0 bridgehead atoms. The third-order valence-electron chi connectivity index (χ3n) is 6.23. The van der Waals surface area contributed by atoms with Crippen LogP contribution >= 0.6 is 46.4 Å². The SMILES string of the molecule is COc1cc(OS(=O)(=O)C(F)(F)F)ccc1C(=O)c1cc(Cl)c(Cl)n1C1=C(C(=O)c2ccc(C)cc2C)CC(Cl)=C1Cl. The zero-order chi connectivity index (χ0) is 31.3. The quantitative estimate of drug-likeness (QED) is 0.136. The minimum atomic E-state index is -5.99. The van der Waals surface area contributed by atoms with Gasteiger partial charge in [-0.3, -0.25) is 14.2 Å². The van der Waals surface area contributed by atoms with Gasteiger partial charge in [-0.15, -0.1) is 0 Å². The Morgan fingerprint density at radius 2 is 1.57 bits per heavy atom. The largest absolute Gasteiger partial charge is 0.534 e. The van der Waals surface area contributed by atoms with Gasteiger partial charge in [0.05, 0.1) is 34.1 Å². The summed E-state index contributed by atoms with van der Waals surface area (Å²) in [7, 11) is -4.88. The summed E-state index contributed by atoms with van der Waals surface area (Å²) in [5.74, 6) is -2.32. The minimum absolute atomic E-state index is 0.0158. The molecule has 3 aromatic rings. The summed E-state index contributed by atoms with van der Waals surface area (Å²) < 4.78 is 71.6. The molecule has 0 spiro atoms. The summed E-state index contributed by atoms with van der Waals surface area (Å²) in [6.07, 6.45) is -0.0648. The molecule has 0 atom stereocenters. The Bertz CT molecular complexity index is 1830. The summed E-state index contributed by atoms with van der Waals surface area (Å²) in [6, 6.07) is 9.07. The maximum atomic E-state index is 13.8. The number of allylic oxidation sites excluding steroid dienone is 4. The number of hydrogen-bond donors (Lipinski definition) is 0. The van der Waals surface area contributed by atoms with Crippen molar-refractivity contribution < 1.29 is 40.1 Å². The fraction of sp³-hybridized carbons (Fsp3) is 0.185. The fourth-order valence-electron chi connectivity index (χ4n) is 4.29. The highest BCUT2D eigenvalue weighted by Crippen LogP contribution is 2.45. The van der Waals surface area contributed by atoms with Crippen LogP contribution in [0.3, 0.4) is 0 Å². The lowest BCUT2D eigenvalue weighted by Gasteiger charge is -2.16. The molecule has 222 valence electrons. The molecule has 0 saturated carbocycles. The van der Waals surface area contributed by atoms with Gasteiger partial charge in [0.1, 0.15) is 16.7 Å². The molecule has 0 N–H and O–H groups in total. The van der Waals surface area contributed by atoms with Crippen molar-refractivity contribution in [2.45, 2.75) is 25.8 Å². The Labute approximate surface area is 258 Å². The zero-order valence-corrected chi connectivity index (χ0v) is 25.5. The summed E-state index contributed by atoms with van der Waals surface area (Å²) >= 11 is 25.7. The Morgan fingerprint density at radius 3 is 2.17 bits per heavy atom. The molecular formula is C27H18Cl4F3NO6S.